The number of nitrogens with zero attached hydrogens (tertiary/aromatic N) is 3. The number of hydrogen-bond donors (Lipinski definition) is 2. The monoisotopic (exact) mass is 519 g/mol. The summed E-state index contributed by atoms with van der Waals surface area (Å²) in [6.45, 7) is 0.350. The molecule has 1 unspecified atom stereocenters. The molecule has 0 spiro atoms. The molecule has 35 heavy (non-hydrogen) atoms. The van der Waals surface area contributed by atoms with E-state index < -0.39 is 28.0 Å². The number of hydrogen-bond acceptors (Lipinski definition) is 6. The summed E-state index contributed by atoms with van der Waals surface area (Å²) < 4.78 is 28.2. The highest BCUT2D eigenvalue weighted by molar-refractivity contribution is 7.88. The van der Waals surface area contributed by atoms with Crippen LogP contribution in [-0.4, -0.2) is 65.8 Å². The van der Waals surface area contributed by atoms with Crippen molar-refractivity contribution in [2.45, 2.75) is 56.1 Å². The van der Waals surface area contributed by atoms with E-state index in [0.717, 1.165) is 17.1 Å². The number of nitrogens with two attached hydrogens (primary N) is 1. The SMILES string of the molecule is NC1CCC(NC(=O)C2N(C(=O)c3cccnc3Cl)CCCN2S(=O)(=O)Cc2ccccc2)CC1. The molecule has 1 aliphatic carbocycles. The van der Waals surface area contributed by atoms with Gasteiger partial charge in [-0.2, -0.15) is 4.31 Å². The van der Waals surface area contributed by atoms with Crippen molar-refractivity contribution >= 4 is 33.4 Å². The van der Waals surface area contributed by atoms with Crippen molar-refractivity contribution in [3.05, 3.63) is 64.9 Å². The zero-order valence-corrected chi connectivity index (χ0v) is 20.9. The van der Waals surface area contributed by atoms with Crippen molar-refractivity contribution in [3.8, 4) is 0 Å². The minimum absolute atomic E-state index is 0.00203. The lowest BCUT2D eigenvalue weighted by molar-refractivity contribution is -0.132. The number of rotatable bonds is 6. The van der Waals surface area contributed by atoms with Crippen molar-refractivity contribution in [1.82, 2.24) is 19.5 Å². The Balaban J connectivity index is 1.65. The van der Waals surface area contributed by atoms with E-state index in [1.165, 1.54) is 17.2 Å². The summed E-state index contributed by atoms with van der Waals surface area (Å²) in [6, 6.07) is 11.9. The molecular weight excluding hydrogens is 490 g/mol. The number of aromatic nitrogens is 1. The van der Waals surface area contributed by atoms with Crippen LogP contribution in [0.2, 0.25) is 5.15 Å². The van der Waals surface area contributed by atoms with Gasteiger partial charge in [0.05, 0.1) is 11.3 Å². The van der Waals surface area contributed by atoms with Gasteiger partial charge in [0.15, 0.2) is 6.17 Å². The Bertz CT molecular complexity index is 1160. The van der Waals surface area contributed by atoms with Crippen LogP contribution >= 0.6 is 11.6 Å². The minimum Gasteiger partial charge on any atom is -0.350 e. The third-order valence-electron chi connectivity index (χ3n) is 6.50. The third-order valence-corrected chi connectivity index (χ3v) is 8.59. The highest BCUT2D eigenvalue weighted by Gasteiger charge is 2.44. The Morgan fingerprint density at radius 2 is 1.77 bits per heavy atom. The zero-order chi connectivity index (χ0) is 25.0. The van der Waals surface area contributed by atoms with E-state index in [-0.39, 0.29) is 41.6 Å². The molecule has 2 heterocycles. The van der Waals surface area contributed by atoms with Gasteiger partial charge >= 0.3 is 0 Å². The number of carbonyl (C=O) groups is 2. The summed E-state index contributed by atoms with van der Waals surface area (Å²) in [6.07, 6.45) is 3.50. The highest BCUT2D eigenvalue weighted by Crippen LogP contribution is 2.26. The van der Waals surface area contributed by atoms with Gasteiger partial charge in [-0.15, -0.1) is 0 Å². The van der Waals surface area contributed by atoms with Crippen LogP contribution in [0, 0.1) is 0 Å². The normalized spacial score (nSPS) is 23.6. The number of nitrogens with one attached hydrogen (secondary N) is 1. The molecule has 188 valence electrons. The average molecular weight is 520 g/mol. The third kappa shape index (κ3) is 6.00. The quantitative estimate of drug-likeness (QED) is 0.563. The first kappa shape index (κ1) is 25.6. The van der Waals surface area contributed by atoms with Gasteiger partial charge in [0.2, 0.25) is 10.0 Å². The summed E-state index contributed by atoms with van der Waals surface area (Å²) in [7, 11) is -3.93. The van der Waals surface area contributed by atoms with Crippen LogP contribution in [0.4, 0.5) is 0 Å². The van der Waals surface area contributed by atoms with Gasteiger partial charge < -0.3 is 16.0 Å². The fraction of sp³-hybridized carbons (Fsp3) is 0.458. The lowest BCUT2D eigenvalue weighted by Gasteiger charge is -2.42. The molecule has 1 aliphatic heterocycles. The first-order valence-electron chi connectivity index (χ1n) is 11.8. The molecule has 2 aliphatic rings. The molecule has 2 aromatic rings. The molecule has 1 atom stereocenters. The van der Waals surface area contributed by atoms with Crippen molar-refractivity contribution in [3.63, 3.8) is 0 Å². The summed E-state index contributed by atoms with van der Waals surface area (Å²) in [4.78, 5) is 32.3. The Morgan fingerprint density at radius 3 is 2.46 bits per heavy atom. The summed E-state index contributed by atoms with van der Waals surface area (Å²) in [5, 5.41) is 2.98. The van der Waals surface area contributed by atoms with Gasteiger partial charge in [-0.1, -0.05) is 41.9 Å². The molecule has 2 fully saturated rings. The molecule has 0 bridgehead atoms. The average Bonchev–Trinajstić information content (AvgIpc) is 2.85. The number of halogens is 1. The fourth-order valence-electron chi connectivity index (χ4n) is 4.68. The second-order valence-corrected chi connectivity index (χ2v) is 11.3. The van der Waals surface area contributed by atoms with Gasteiger partial charge in [0.25, 0.3) is 11.8 Å². The molecule has 2 amide bonds. The lowest BCUT2D eigenvalue weighted by atomic mass is 9.92. The Labute approximate surface area is 210 Å². The van der Waals surface area contributed by atoms with E-state index >= 15 is 0 Å². The first-order valence-corrected chi connectivity index (χ1v) is 13.8. The molecular formula is C24H30ClN5O4S. The molecule has 0 radical (unpaired) electrons. The molecule has 1 saturated heterocycles. The van der Waals surface area contributed by atoms with Crippen LogP contribution < -0.4 is 11.1 Å². The van der Waals surface area contributed by atoms with E-state index in [2.05, 4.69) is 10.3 Å². The van der Waals surface area contributed by atoms with E-state index in [4.69, 9.17) is 17.3 Å². The van der Waals surface area contributed by atoms with Crippen LogP contribution in [0.15, 0.2) is 48.7 Å². The van der Waals surface area contributed by atoms with Crippen molar-refractivity contribution < 1.29 is 18.0 Å². The van der Waals surface area contributed by atoms with E-state index in [1.807, 2.05) is 0 Å². The standard InChI is InChI=1S/C24H30ClN5O4S/c25-21-20(8-4-13-27-21)24(32)29-14-5-15-30(35(33,34)16-17-6-2-1-3-7-17)23(29)22(31)28-19-11-9-18(26)10-12-19/h1-4,6-8,13,18-19,23H,5,9-12,14-16,26H2,(H,28,31). The van der Waals surface area contributed by atoms with Crippen LogP contribution in [-0.2, 0) is 20.6 Å². The summed E-state index contributed by atoms with van der Waals surface area (Å²) >= 11 is 6.17. The summed E-state index contributed by atoms with van der Waals surface area (Å²) in [5.74, 6) is -1.32. The van der Waals surface area contributed by atoms with Gasteiger partial charge in [-0.25, -0.2) is 13.4 Å². The molecule has 1 aromatic heterocycles. The largest absolute Gasteiger partial charge is 0.350 e. The van der Waals surface area contributed by atoms with E-state index in [9.17, 15) is 18.0 Å². The number of benzene rings is 1. The summed E-state index contributed by atoms with van der Waals surface area (Å²) in [5.41, 5.74) is 6.72. The smallest absolute Gasteiger partial charge is 0.259 e. The van der Waals surface area contributed by atoms with Crippen molar-refractivity contribution in [1.29, 1.82) is 0 Å². The fourth-order valence-corrected chi connectivity index (χ4v) is 6.58. The molecule has 11 heteroatoms. The van der Waals surface area contributed by atoms with Crippen LogP contribution in [0.5, 0.6) is 0 Å². The van der Waals surface area contributed by atoms with Gasteiger partial charge in [0, 0.05) is 31.4 Å². The van der Waals surface area contributed by atoms with Crippen LogP contribution in [0.1, 0.15) is 48.0 Å². The highest BCUT2D eigenvalue weighted by atomic mass is 35.5. The second kappa shape index (κ2) is 11.0. The topological polar surface area (TPSA) is 126 Å². The predicted molar refractivity (Wildman–Crippen MR) is 133 cm³/mol. The minimum atomic E-state index is -3.93. The number of amides is 2. The maximum atomic E-state index is 13.6. The lowest BCUT2D eigenvalue weighted by Crippen LogP contribution is -2.64. The molecule has 4 rings (SSSR count). The Kier molecular flexibility index (Phi) is 8.05. The first-order chi connectivity index (χ1) is 16.8. The molecule has 1 saturated carbocycles. The number of sulfonamides is 1. The van der Waals surface area contributed by atoms with Crippen LogP contribution in [0.25, 0.3) is 0 Å². The van der Waals surface area contributed by atoms with Gasteiger partial charge in [-0.3, -0.25) is 9.59 Å². The molecule has 1 aromatic carbocycles. The van der Waals surface area contributed by atoms with Gasteiger partial charge in [-0.05, 0) is 49.8 Å². The Morgan fingerprint density at radius 1 is 1.06 bits per heavy atom. The van der Waals surface area contributed by atoms with Gasteiger partial charge in [0.1, 0.15) is 5.15 Å². The number of carbonyl (C=O) groups excluding carboxylic acids is 2. The predicted octanol–water partition coefficient (Wildman–Crippen LogP) is 2.13. The second-order valence-electron chi connectivity index (χ2n) is 9.04. The van der Waals surface area contributed by atoms with Crippen LogP contribution in [0.3, 0.4) is 0 Å². The van der Waals surface area contributed by atoms with Crippen molar-refractivity contribution in [2.24, 2.45) is 5.73 Å². The van der Waals surface area contributed by atoms with E-state index in [0.29, 0.717) is 24.8 Å². The maximum Gasteiger partial charge on any atom is 0.259 e. The molecule has 9 nitrogen and oxygen atoms in total. The zero-order valence-electron chi connectivity index (χ0n) is 19.3. The number of pyridine rings is 1. The maximum absolute atomic E-state index is 13.6. The van der Waals surface area contributed by atoms with Crippen molar-refractivity contribution in [2.75, 3.05) is 13.1 Å². The molecule has 3 N–H and O–H groups in total. The Hall–Kier alpha value is -2.53. The van der Waals surface area contributed by atoms with E-state index in [1.54, 1.807) is 36.4 Å².